The monoisotopic (exact) mass is 284 g/mol. The molecule has 3 rings (SSSR count). The smallest absolute Gasteiger partial charge is 0.235 e. The van der Waals surface area contributed by atoms with Crippen molar-refractivity contribution < 1.29 is 13.2 Å². The van der Waals surface area contributed by atoms with E-state index in [1.54, 1.807) is 0 Å². The molecule has 1 N–H and O–H groups in total. The molecule has 0 spiro atoms. The predicted octanol–water partition coefficient (Wildman–Crippen LogP) is 0.217. The fraction of sp³-hybridized carbons (Fsp3) is 0.636. The summed E-state index contributed by atoms with van der Waals surface area (Å²) in [6, 6.07) is 0. The quantitative estimate of drug-likeness (QED) is 0.851. The number of sulfonamides is 1. The largest absolute Gasteiger partial charge is 0.378 e. The molecule has 0 aromatic carbocycles. The second-order valence-electron chi connectivity index (χ2n) is 4.72. The van der Waals surface area contributed by atoms with E-state index < -0.39 is 10.0 Å². The molecule has 1 saturated heterocycles. The van der Waals surface area contributed by atoms with Crippen molar-refractivity contribution in [2.75, 3.05) is 35.9 Å². The van der Waals surface area contributed by atoms with Crippen LogP contribution in [0.3, 0.4) is 0 Å². The van der Waals surface area contributed by atoms with Gasteiger partial charge in [-0.1, -0.05) is 0 Å². The maximum atomic E-state index is 11.8. The number of nitrogens with zero attached hydrogens (tertiary/aromatic N) is 3. The fourth-order valence-corrected chi connectivity index (χ4v) is 3.28. The van der Waals surface area contributed by atoms with Crippen molar-refractivity contribution in [3.05, 3.63) is 12.4 Å². The van der Waals surface area contributed by atoms with E-state index in [-0.39, 0.29) is 5.25 Å². The van der Waals surface area contributed by atoms with Crippen LogP contribution in [0.4, 0.5) is 11.6 Å². The molecule has 7 nitrogen and oxygen atoms in total. The summed E-state index contributed by atoms with van der Waals surface area (Å²) < 4.78 is 31.3. The van der Waals surface area contributed by atoms with Gasteiger partial charge in [0.05, 0.1) is 36.5 Å². The van der Waals surface area contributed by atoms with Crippen LogP contribution in [0.25, 0.3) is 0 Å². The van der Waals surface area contributed by atoms with Crippen LogP contribution in [0.2, 0.25) is 0 Å². The fourth-order valence-electron chi connectivity index (χ4n) is 1.93. The van der Waals surface area contributed by atoms with E-state index in [1.165, 1.54) is 12.4 Å². The number of anilines is 2. The lowest BCUT2D eigenvalue weighted by Crippen LogP contribution is -2.37. The first-order chi connectivity index (χ1) is 9.15. The van der Waals surface area contributed by atoms with Crippen LogP contribution in [0.1, 0.15) is 12.8 Å². The van der Waals surface area contributed by atoms with E-state index in [2.05, 4.69) is 14.7 Å². The van der Waals surface area contributed by atoms with Gasteiger partial charge in [0.25, 0.3) is 0 Å². The zero-order valence-electron chi connectivity index (χ0n) is 10.4. The van der Waals surface area contributed by atoms with Gasteiger partial charge in [-0.25, -0.2) is 18.4 Å². The molecule has 1 aliphatic heterocycles. The molecule has 1 aliphatic carbocycles. The highest BCUT2D eigenvalue weighted by molar-refractivity contribution is 7.93. The lowest BCUT2D eigenvalue weighted by Gasteiger charge is -2.26. The Morgan fingerprint density at radius 2 is 1.84 bits per heavy atom. The van der Waals surface area contributed by atoms with E-state index in [0.29, 0.717) is 24.8 Å². The third-order valence-electron chi connectivity index (χ3n) is 3.16. The third kappa shape index (κ3) is 2.95. The van der Waals surface area contributed by atoms with Gasteiger partial charge < -0.3 is 9.64 Å². The van der Waals surface area contributed by atoms with Crippen molar-refractivity contribution in [2.45, 2.75) is 18.1 Å². The van der Waals surface area contributed by atoms with Crippen molar-refractivity contribution in [3.63, 3.8) is 0 Å². The SMILES string of the molecule is O=S(=O)(Nc1cnc(N2CCOCC2)nc1)C1CC1. The van der Waals surface area contributed by atoms with Crippen molar-refractivity contribution >= 4 is 21.7 Å². The Balaban J connectivity index is 1.68. The van der Waals surface area contributed by atoms with Crippen LogP contribution in [0.15, 0.2) is 12.4 Å². The van der Waals surface area contributed by atoms with Crippen molar-refractivity contribution in [3.8, 4) is 0 Å². The molecule has 19 heavy (non-hydrogen) atoms. The number of hydrogen-bond donors (Lipinski definition) is 1. The number of rotatable bonds is 4. The number of hydrogen-bond acceptors (Lipinski definition) is 6. The normalized spacial score (nSPS) is 20.3. The zero-order valence-corrected chi connectivity index (χ0v) is 11.3. The van der Waals surface area contributed by atoms with Crippen LogP contribution in [0, 0.1) is 0 Å². The van der Waals surface area contributed by atoms with Gasteiger partial charge in [-0.3, -0.25) is 4.72 Å². The number of aromatic nitrogens is 2. The highest BCUT2D eigenvalue weighted by atomic mass is 32.2. The summed E-state index contributed by atoms with van der Waals surface area (Å²) in [6.45, 7) is 2.85. The molecule has 104 valence electrons. The summed E-state index contributed by atoms with van der Waals surface area (Å²) >= 11 is 0. The van der Waals surface area contributed by atoms with Gasteiger partial charge in [-0.15, -0.1) is 0 Å². The Morgan fingerprint density at radius 1 is 1.21 bits per heavy atom. The first-order valence-electron chi connectivity index (χ1n) is 6.31. The minimum absolute atomic E-state index is 0.244. The minimum atomic E-state index is -3.24. The Kier molecular flexibility index (Phi) is 3.28. The number of ether oxygens (including phenoxy) is 1. The Labute approximate surface area is 112 Å². The van der Waals surface area contributed by atoms with Gasteiger partial charge in [0, 0.05) is 13.1 Å². The average Bonchev–Trinajstić information content (AvgIpc) is 3.25. The average molecular weight is 284 g/mol. The summed E-state index contributed by atoms with van der Waals surface area (Å²) in [4.78, 5) is 10.4. The molecule has 0 amide bonds. The second kappa shape index (κ2) is 4.93. The molecule has 1 saturated carbocycles. The molecule has 2 heterocycles. The topological polar surface area (TPSA) is 84.4 Å². The van der Waals surface area contributed by atoms with Gasteiger partial charge in [0.1, 0.15) is 0 Å². The molecule has 0 atom stereocenters. The highest BCUT2D eigenvalue weighted by Crippen LogP contribution is 2.29. The summed E-state index contributed by atoms with van der Waals surface area (Å²) in [6.07, 6.45) is 4.50. The van der Waals surface area contributed by atoms with Gasteiger partial charge in [-0.05, 0) is 12.8 Å². The lowest BCUT2D eigenvalue weighted by atomic mass is 10.4. The van der Waals surface area contributed by atoms with E-state index in [1.807, 2.05) is 4.90 Å². The summed E-state index contributed by atoms with van der Waals surface area (Å²) in [7, 11) is -3.24. The highest BCUT2D eigenvalue weighted by Gasteiger charge is 2.35. The maximum Gasteiger partial charge on any atom is 0.235 e. The molecule has 8 heteroatoms. The van der Waals surface area contributed by atoms with E-state index >= 15 is 0 Å². The van der Waals surface area contributed by atoms with Crippen molar-refractivity contribution in [1.82, 2.24) is 9.97 Å². The Hall–Kier alpha value is -1.41. The summed E-state index contributed by atoms with van der Waals surface area (Å²) in [5.41, 5.74) is 0.420. The Morgan fingerprint density at radius 3 is 2.42 bits per heavy atom. The van der Waals surface area contributed by atoms with Gasteiger partial charge >= 0.3 is 0 Å². The molecular formula is C11H16N4O3S. The van der Waals surface area contributed by atoms with Crippen molar-refractivity contribution in [2.24, 2.45) is 0 Å². The lowest BCUT2D eigenvalue weighted by molar-refractivity contribution is 0.122. The van der Waals surface area contributed by atoms with Crippen molar-refractivity contribution in [1.29, 1.82) is 0 Å². The molecule has 0 unspecified atom stereocenters. The van der Waals surface area contributed by atoms with Crippen LogP contribution < -0.4 is 9.62 Å². The summed E-state index contributed by atoms with van der Waals surface area (Å²) in [5.74, 6) is 0.609. The molecule has 1 aromatic heterocycles. The summed E-state index contributed by atoms with van der Waals surface area (Å²) in [5, 5.41) is -0.244. The second-order valence-corrected chi connectivity index (χ2v) is 6.68. The van der Waals surface area contributed by atoms with Crippen LogP contribution in [-0.2, 0) is 14.8 Å². The third-order valence-corrected chi connectivity index (χ3v) is 5.02. The van der Waals surface area contributed by atoms with Crippen LogP contribution in [0.5, 0.6) is 0 Å². The van der Waals surface area contributed by atoms with E-state index in [9.17, 15) is 8.42 Å². The van der Waals surface area contributed by atoms with Gasteiger partial charge in [-0.2, -0.15) is 0 Å². The van der Waals surface area contributed by atoms with E-state index in [4.69, 9.17) is 4.74 Å². The van der Waals surface area contributed by atoms with Gasteiger partial charge in [0.15, 0.2) is 0 Å². The standard InChI is InChI=1S/C11H16N4O3S/c16-19(17,10-1-2-10)14-9-7-12-11(13-8-9)15-3-5-18-6-4-15/h7-8,10,14H,1-6H2. The van der Waals surface area contributed by atoms with Crippen LogP contribution in [-0.4, -0.2) is 49.9 Å². The molecule has 2 aliphatic rings. The first-order valence-corrected chi connectivity index (χ1v) is 7.86. The van der Waals surface area contributed by atoms with Gasteiger partial charge in [0.2, 0.25) is 16.0 Å². The first kappa shape index (κ1) is 12.6. The molecular weight excluding hydrogens is 268 g/mol. The van der Waals surface area contributed by atoms with Crippen LogP contribution >= 0.6 is 0 Å². The molecule has 0 radical (unpaired) electrons. The number of morpholine rings is 1. The zero-order chi connectivity index (χ0) is 13.3. The molecule has 0 bridgehead atoms. The molecule has 2 fully saturated rings. The predicted molar refractivity (Wildman–Crippen MR) is 70.6 cm³/mol. The Bertz CT molecular complexity index is 536. The maximum absolute atomic E-state index is 11.8. The minimum Gasteiger partial charge on any atom is -0.378 e. The van der Waals surface area contributed by atoms with E-state index in [0.717, 1.165) is 25.9 Å². The molecule has 1 aromatic rings. The number of nitrogens with one attached hydrogen (secondary N) is 1.